The van der Waals surface area contributed by atoms with E-state index in [9.17, 15) is 0 Å². The van der Waals surface area contributed by atoms with Crippen LogP contribution >= 0.6 is 11.8 Å². The van der Waals surface area contributed by atoms with Gasteiger partial charge in [-0.25, -0.2) is 0 Å². The lowest BCUT2D eigenvalue weighted by molar-refractivity contribution is 0.210. The van der Waals surface area contributed by atoms with E-state index in [1.54, 1.807) is 11.8 Å². The van der Waals surface area contributed by atoms with Crippen LogP contribution in [0.15, 0.2) is 28.1 Å². The van der Waals surface area contributed by atoms with Gasteiger partial charge in [0.25, 0.3) is 0 Å². The molecule has 0 spiro atoms. The lowest BCUT2D eigenvalue weighted by atomic mass is 9.99. The highest BCUT2D eigenvalue weighted by molar-refractivity contribution is 7.98. The minimum absolute atomic E-state index is 0.716. The smallest absolute Gasteiger partial charge is 0.191 e. The average molecular weight is 335 g/mol. The first-order valence-electron chi connectivity index (χ1n) is 8.39. The number of thioether (sulfide) groups is 1. The first kappa shape index (κ1) is 18.1. The zero-order valence-electron chi connectivity index (χ0n) is 14.9. The molecule has 1 aromatic carbocycles. The molecule has 1 atom stereocenters. The molecule has 0 aromatic heterocycles. The van der Waals surface area contributed by atoms with Crippen molar-refractivity contribution in [1.29, 1.82) is 0 Å². The number of piperidine rings is 1. The highest BCUT2D eigenvalue weighted by Crippen LogP contribution is 2.21. The van der Waals surface area contributed by atoms with Crippen molar-refractivity contribution in [3.63, 3.8) is 0 Å². The highest BCUT2D eigenvalue weighted by atomic mass is 32.2. The number of aryl methyl sites for hydroxylation is 1. The Balaban J connectivity index is 1.83. The van der Waals surface area contributed by atoms with Crippen LogP contribution in [0.25, 0.3) is 0 Å². The van der Waals surface area contributed by atoms with Gasteiger partial charge >= 0.3 is 0 Å². The Bertz CT molecular complexity index is 530. The van der Waals surface area contributed by atoms with E-state index in [1.807, 2.05) is 7.05 Å². The van der Waals surface area contributed by atoms with Crippen LogP contribution in [0.1, 0.15) is 24.0 Å². The maximum Gasteiger partial charge on any atom is 0.191 e. The summed E-state index contributed by atoms with van der Waals surface area (Å²) in [6.45, 7) is 6.35. The van der Waals surface area contributed by atoms with Crippen LogP contribution in [0.3, 0.4) is 0 Å². The number of nitrogens with zero attached hydrogens (tertiary/aromatic N) is 2. The molecule has 0 saturated carbocycles. The Morgan fingerprint density at radius 1 is 1.39 bits per heavy atom. The van der Waals surface area contributed by atoms with E-state index >= 15 is 0 Å². The summed E-state index contributed by atoms with van der Waals surface area (Å²) in [5.41, 5.74) is 2.63. The third kappa shape index (κ3) is 5.74. The molecule has 2 rings (SSSR count). The fourth-order valence-corrected chi connectivity index (χ4v) is 3.78. The van der Waals surface area contributed by atoms with E-state index in [4.69, 9.17) is 0 Å². The Kier molecular flexibility index (Phi) is 7.24. The van der Waals surface area contributed by atoms with E-state index in [0.717, 1.165) is 19.0 Å². The summed E-state index contributed by atoms with van der Waals surface area (Å²) in [6.07, 6.45) is 4.74. The van der Waals surface area contributed by atoms with Gasteiger partial charge < -0.3 is 15.5 Å². The van der Waals surface area contributed by atoms with Gasteiger partial charge in [0.2, 0.25) is 0 Å². The van der Waals surface area contributed by atoms with E-state index in [0.29, 0.717) is 5.92 Å². The summed E-state index contributed by atoms with van der Waals surface area (Å²) in [5.74, 6) is 1.61. The minimum atomic E-state index is 0.716. The van der Waals surface area contributed by atoms with Crippen molar-refractivity contribution < 1.29 is 0 Å². The molecule has 0 aliphatic carbocycles. The van der Waals surface area contributed by atoms with Crippen molar-refractivity contribution in [3.05, 3.63) is 29.3 Å². The van der Waals surface area contributed by atoms with Crippen molar-refractivity contribution in [1.82, 2.24) is 15.5 Å². The molecule has 1 aliphatic heterocycles. The van der Waals surface area contributed by atoms with Gasteiger partial charge in [0, 0.05) is 31.6 Å². The number of guanidine groups is 1. The first-order chi connectivity index (χ1) is 11.1. The number of hydrogen-bond acceptors (Lipinski definition) is 3. The van der Waals surface area contributed by atoms with Gasteiger partial charge in [-0.05, 0) is 62.7 Å². The normalized spacial score (nSPS) is 19.7. The molecule has 2 N–H and O–H groups in total. The maximum absolute atomic E-state index is 4.35. The quantitative estimate of drug-likeness (QED) is 0.493. The first-order valence-corrected chi connectivity index (χ1v) is 9.61. The molecular formula is C18H30N4S. The van der Waals surface area contributed by atoms with Gasteiger partial charge in [0.15, 0.2) is 5.96 Å². The Hall–Kier alpha value is -1.20. The highest BCUT2D eigenvalue weighted by Gasteiger charge is 2.17. The van der Waals surface area contributed by atoms with Crippen LogP contribution in [0, 0.1) is 12.8 Å². The Morgan fingerprint density at radius 2 is 2.22 bits per heavy atom. The van der Waals surface area contributed by atoms with Gasteiger partial charge in [-0.3, -0.25) is 4.99 Å². The lowest BCUT2D eigenvalue weighted by Crippen LogP contribution is -2.43. The minimum Gasteiger partial charge on any atom is -0.356 e. The molecular weight excluding hydrogens is 304 g/mol. The van der Waals surface area contributed by atoms with Crippen LogP contribution in [0.5, 0.6) is 0 Å². The molecule has 1 heterocycles. The molecule has 1 fully saturated rings. The van der Waals surface area contributed by atoms with Crippen molar-refractivity contribution in [2.45, 2.75) is 31.2 Å². The number of benzene rings is 1. The maximum atomic E-state index is 4.35. The van der Waals surface area contributed by atoms with E-state index < -0.39 is 0 Å². The predicted molar refractivity (Wildman–Crippen MR) is 101 cm³/mol. The average Bonchev–Trinajstić information content (AvgIpc) is 2.56. The number of nitrogens with one attached hydrogen (secondary N) is 2. The molecule has 1 saturated heterocycles. The summed E-state index contributed by atoms with van der Waals surface area (Å²) in [5, 5.41) is 6.93. The third-order valence-electron chi connectivity index (χ3n) is 4.39. The second-order valence-electron chi connectivity index (χ2n) is 6.39. The molecule has 0 bridgehead atoms. The Morgan fingerprint density at radius 3 is 2.91 bits per heavy atom. The second kappa shape index (κ2) is 9.18. The fourth-order valence-electron chi connectivity index (χ4n) is 3.08. The second-order valence-corrected chi connectivity index (χ2v) is 7.24. The number of aliphatic imine (C=N–C) groups is 1. The molecule has 5 heteroatoms. The summed E-state index contributed by atoms with van der Waals surface area (Å²) < 4.78 is 0. The standard InChI is InChI=1S/C18H30N4S/c1-14-7-8-16(17(10-14)23-4)12-21-18(19-2)20-11-15-6-5-9-22(3)13-15/h7-8,10,15H,5-6,9,11-13H2,1-4H3,(H2,19,20,21). The van der Waals surface area contributed by atoms with Crippen LogP contribution < -0.4 is 10.6 Å². The van der Waals surface area contributed by atoms with E-state index in [1.165, 1.54) is 42.0 Å². The fraction of sp³-hybridized carbons (Fsp3) is 0.611. The summed E-state index contributed by atoms with van der Waals surface area (Å²) >= 11 is 1.80. The summed E-state index contributed by atoms with van der Waals surface area (Å²) in [4.78, 5) is 8.11. The lowest BCUT2D eigenvalue weighted by Gasteiger charge is -2.30. The predicted octanol–water partition coefficient (Wildman–Crippen LogP) is 2.72. The van der Waals surface area contributed by atoms with Crippen molar-refractivity contribution in [3.8, 4) is 0 Å². The zero-order valence-corrected chi connectivity index (χ0v) is 15.7. The van der Waals surface area contributed by atoms with Crippen molar-refractivity contribution >= 4 is 17.7 Å². The van der Waals surface area contributed by atoms with Gasteiger partial charge in [0.05, 0.1) is 0 Å². The number of likely N-dealkylation sites (tertiary alicyclic amines) is 1. The molecule has 0 amide bonds. The summed E-state index contributed by atoms with van der Waals surface area (Å²) in [6, 6.07) is 6.62. The molecule has 4 nitrogen and oxygen atoms in total. The molecule has 0 radical (unpaired) electrons. The van der Waals surface area contributed by atoms with Crippen LogP contribution in [0.4, 0.5) is 0 Å². The monoisotopic (exact) mass is 334 g/mol. The van der Waals surface area contributed by atoms with Gasteiger partial charge in [-0.15, -0.1) is 11.8 Å². The van der Waals surface area contributed by atoms with Crippen molar-refractivity contribution in [2.75, 3.05) is 40.0 Å². The van der Waals surface area contributed by atoms with Crippen LogP contribution in [-0.4, -0.2) is 50.8 Å². The van der Waals surface area contributed by atoms with Gasteiger partial charge in [-0.2, -0.15) is 0 Å². The van der Waals surface area contributed by atoms with Crippen LogP contribution in [-0.2, 0) is 6.54 Å². The van der Waals surface area contributed by atoms with Crippen molar-refractivity contribution in [2.24, 2.45) is 10.9 Å². The third-order valence-corrected chi connectivity index (χ3v) is 5.21. The molecule has 23 heavy (non-hydrogen) atoms. The van der Waals surface area contributed by atoms with E-state index in [2.05, 4.69) is 59.0 Å². The van der Waals surface area contributed by atoms with Gasteiger partial charge in [0.1, 0.15) is 0 Å². The van der Waals surface area contributed by atoms with Crippen LogP contribution in [0.2, 0.25) is 0 Å². The zero-order chi connectivity index (χ0) is 16.7. The SMILES string of the molecule is CN=C(NCc1ccc(C)cc1SC)NCC1CCCN(C)C1. The molecule has 1 unspecified atom stereocenters. The Labute approximate surface area is 145 Å². The van der Waals surface area contributed by atoms with E-state index in [-0.39, 0.29) is 0 Å². The molecule has 128 valence electrons. The molecule has 1 aliphatic rings. The largest absolute Gasteiger partial charge is 0.356 e. The van der Waals surface area contributed by atoms with Gasteiger partial charge in [-0.1, -0.05) is 12.1 Å². The number of hydrogen-bond donors (Lipinski definition) is 2. The summed E-state index contributed by atoms with van der Waals surface area (Å²) in [7, 11) is 4.05. The molecule has 1 aromatic rings. The topological polar surface area (TPSA) is 39.7 Å². The number of rotatable bonds is 5.